The lowest BCUT2D eigenvalue weighted by Gasteiger charge is -2.17. The van der Waals surface area contributed by atoms with Crippen LogP contribution >= 0.6 is 11.6 Å². The molecule has 0 unspecified atom stereocenters. The molecule has 0 spiro atoms. The highest BCUT2D eigenvalue weighted by atomic mass is 35.5. The van der Waals surface area contributed by atoms with Gasteiger partial charge in [-0.05, 0) is 39.3 Å². The van der Waals surface area contributed by atoms with Crippen LogP contribution in [0.25, 0.3) is 0 Å². The molecule has 1 aromatic rings. The second-order valence-corrected chi connectivity index (χ2v) is 4.93. The number of nitrogens with zero attached hydrogens (tertiary/aromatic N) is 2. The minimum Gasteiger partial charge on any atom is -0.475 e. The van der Waals surface area contributed by atoms with Crippen LogP contribution in [0, 0.1) is 0 Å². The van der Waals surface area contributed by atoms with E-state index in [1.54, 1.807) is 0 Å². The summed E-state index contributed by atoms with van der Waals surface area (Å²) in [5.74, 6) is 0.538. The van der Waals surface area contributed by atoms with E-state index in [0.29, 0.717) is 12.5 Å². The van der Waals surface area contributed by atoms with Crippen molar-refractivity contribution < 1.29 is 9.47 Å². The van der Waals surface area contributed by atoms with Gasteiger partial charge in [-0.2, -0.15) is 4.98 Å². The van der Waals surface area contributed by atoms with Gasteiger partial charge in [-0.15, -0.1) is 0 Å². The molecule has 1 aliphatic rings. The monoisotopic (exact) mass is 242 g/mol. The van der Waals surface area contributed by atoms with E-state index in [-0.39, 0.29) is 11.4 Å². The van der Waals surface area contributed by atoms with Crippen molar-refractivity contribution in [1.82, 2.24) is 9.97 Å². The minimum absolute atomic E-state index is 0.0544. The number of hydrogen-bond donors (Lipinski definition) is 0. The summed E-state index contributed by atoms with van der Waals surface area (Å²) in [5.41, 5.74) is 1.31. The van der Waals surface area contributed by atoms with Crippen LogP contribution in [0.4, 0.5) is 0 Å². The molecule has 0 atom stereocenters. The zero-order chi connectivity index (χ0) is 11.9. The molecule has 0 amide bonds. The summed E-state index contributed by atoms with van der Waals surface area (Å²) >= 11 is 5.88. The van der Waals surface area contributed by atoms with E-state index in [1.165, 1.54) is 0 Å². The fourth-order valence-electron chi connectivity index (χ4n) is 1.71. The first-order valence-electron chi connectivity index (χ1n) is 5.27. The summed E-state index contributed by atoms with van der Waals surface area (Å²) in [6.45, 7) is 8.29. The van der Waals surface area contributed by atoms with Gasteiger partial charge < -0.3 is 9.47 Å². The van der Waals surface area contributed by atoms with Gasteiger partial charge in [0, 0.05) is 0 Å². The molecule has 0 fully saturated rings. The Bertz CT molecular complexity index is 419. The third-order valence-corrected chi connectivity index (χ3v) is 2.61. The Labute approximate surface area is 99.9 Å². The number of hydrogen-bond acceptors (Lipinski definition) is 4. The Morgan fingerprint density at radius 3 is 2.69 bits per heavy atom. The van der Waals surface area contributed by atoms with Crippen molar-refractivity contribution in [3.8, 4) is 5.88 Å². The van der Waals surface area contributed by atoms with Crippen molar-refractivity contribution in [3.63, 3.8) is 0 Å². The zero-order valence-electron chi connectivity index (χ0n) is 9.87. The maximum atomic E-state index is 5.88. The minimum atomic E-state index is -0.420. The molecule has 5 heteroatoms. The van der Waals surface area contributed by atoms with Crippen LogP contribution in [0.1, 0.15) is 39.0 Å². The molecule has 0 N–H and O–H groups in total. The van der Waals surface area contributed by atoms with Gasteiger partial charge >= 0.3 is 0 Å². The summed E-state index contributed by atoms with van der Waals surface area (Å²) in [7, 11) is 0. The summed E-state index contributed by atoms with van der Waals surface area (Å²) in [6, 6.07) is 0. The summed E-state index contributed by atoms with van der Waals surface area (Å²) in [4.78, 5) is 8.33. The first-order valence-corrected chi connectivity index (χ1v) is 5.65. The molecule has 1 aliphatic heterocycles. The maximum absolute atomic E-state index is 5.88. The predicted molar refractivity (Wildman–Crippen MR) is 60.6 cm³/mol. The van der Waals surface area contributed by atoms with Crippen molar-refractivity contribution >= 4 is 11.6 Å². The van der Waals surface area contributed by atoms with Gasteiger partial charge in [0.2, 0.25) is 11.2 Å². The molecule has 16 heavy (non-hydrogen) atoms. The number of halogens is 1. The van der Waals surface area contributed by atoms with Gasteiger partial charge in [0.25, 0.3) is 0 Å². The van der Waals surface area contributed by atoms with Crippen LogP contribution in [0.2, 0.25) is 5.28 Å². The average Bonchev–Trinajstić information content (AvgIpc) is 2.42. The normalized spacial score (nSPS) is 17.6. The Balaban J connectivity index is 2.49. The van der Waals surface area contributed by atoms with Crippen LogP contribution in [0.5, 0.6) is 5.88 Å². The molecule has 4 nitrogen and oxygen atoms in total. The van der Waals surface area contributed by atoms with Crippen molar-refractivity contribution in [2.24, 2.45) is 0 Å². The quantitative estimate of drug-likeness (QED) is 0.748. The van der Waals surface area contributed by atoms with E-state index in [0.717, 1.165) is 11.3 Å². The Morgan fingerprint density at radius 2 is 2.06 bits per heavy atom. The Hall–Kier alpha value is -0.870. The number of aromatic nitrogens is 2. The molecule has 2 heterocycles. The van der Waals surface area contributed by atoms with Crippen molar-refractivity contribution in [1.29, 1.82) is 0 Å². The van der Waals surface area contributed by atoms with Gasteiger partial charge in [-0.25, -0.2) is 4.98 Å². The fraction of sp³-hybridized carbons (Fsp3) is 0.636. The van der Waals surface area contributed by atoms with Gasteiger partial charge in [0.05, 0.1) is 24.0 Å². The molecule has 1 aromatic heterocycles. The fourth-order valence-corrected chi connectivity index (χ4v) is 1.87. The molecule has 0 saturated carbocycles. The predicted octanol–water partition coefficient (Wildman–Crippen LogP) is 2.68. The highest BCUT2D eigenvalue weighted by molar-refractivity contribution is 6.28. The van der Waals surface area contributed by atoms with E-state index >= 15 is 0 Å². The smallest absolute Gasteiger partial charge is 0.226 e. The van der Waals surface area contributed by atoms with E-state index in [4.69, 9.17) is 21.1 Å². The lowest BCUT2D eigenvalue weighted by Crippen LogP contribution is -2.17. The average molecular weight is 243 g/mol. The Kier molecular flexibility index (Phi) is 2.80. The third-order valence-electron chi connectivity index (χ3n) is 2.44. The van der Waals surface area contributed by atoms with E-state index in [2.05, 4.69) is 9.97 Å². The lowest BCUT2D eigenvalue weighted by atomic mass is 10.0. The molecular weight excluding hydrogens is 228 g/mol. The molecule has 0 aliphatic carbocycles. The van der Waals surface area contributed by atoms with Crippen molar-refractivity contribution in [3.05, 3.63) is 16.5 Å². The zero-order valence-corrected chi connectivity index (χ0v) is 10.6. The third kappa shape index (κ3) is 1.99. The van der Waals surface area contributed by atoms with Gasteiger partial charge in [0.1, 0.15) is 5.60 Å². The van der Waals surface area contributed by atoms with Crippen LogP contribution in [-0.4, -0.2) is 16.1 Å². The first kappa shape index (κ1) is 11.6. The molecule has 0 bridgehead atoms. The number of fused-ring (bicyclic) bond motifs is 1. The molecule has 0 radical (unpaired) electrons. The molecular formula is C11H15ClN2O2. The SMILES string of the molecule is CC(C)Oc1nc(Cl)nc2c1COC2(C)C. The van der Waals surface area contributed by atoms with E-state index in [1.807, 2.05) is 27.7 Å². The topological polar surface area (TPSA) is 44.2 Å². The van der Waals surface area contributed by atoms with Crippen LogP contribution in [-0.2, 0) is 16.9 Å². The molecule has 88 valence electrons. The lowest BCUT2D eigenvalue weighted by molar-refractivity contribution is -0.0104. The largest absolute Gasteiger partial charge is 0.475 e. The van der Waals surface area contributed by atoms with Gasteiger partial charge in [0.15, 0.2) is 0 Å². The molecule has 0 saturated heterocycles. The standard InChI is InChI=1S/C11H15ClN2O2/c1-6(2)16-9-7-5-15-11(3,4)8(7)13-10(12)14-9/h6H,5H2,1-4H3. The summed E-state index contributed by atoms with van der Waals surface area (Å²) in [6.07, 6.45) is 0.0544. The highest BCUT2D eigenvalue weighted by Crippen LogP contribution is 2.38. The summed E-state index contributed by atoms with van der Waals surface area (Å²) in [5, 5.41) is 0.202. The number of ether oxygens (including phenoxy) is 2. The molecule has 0 aromatic carbocycles. The maximum Gasteiger partial charge on any atom is 0.226 e. The van der Waals surface area contributed by atoms with E-state index < -0.39 is 5.60 Å². The van der Waals surface area contributed by atoms with Crippen molar-refractivity contribution in [2.45, 2.75) is 46.0 Å². The Morgan fingerprint density at radius 1 is 1.38 bits per heavy atom. The highest BCUT2D eigenvalue weighted by Gasteiger charge is 2.36. The van der Waals surface area contributed by atoms with E-state index in [9.17, 15) is 0 Å². The van der Waals surface area contributed by atoms with Crippen LogP contribution in [0.15, 0.2) is 0 Å². The van der Waals surface area contributed by atoms with Gasteiger partial charge in [-0.1, -0.05) is 0 Å². The second-order valence-electron chi connectivity index (χ2n) is 4.59. The van der Waals surface area contributed by atoms with Crippen LogP contribution < -0.4 is 4.74 Å². The number of rotatable bonds is 2. The first-order chi connectivity index (χ1) is 7.40. The van der Waals surface area contributed by atoms with Crippen LogP contribution in [0.3, 0.4) is 0 Å². The second kappa shape index (κ2) is 3.86. The molecule has 2 rings (SSSR count). The van der Waals surface area contributed by atoms with Gasteiger partial charge in [-0.3, -0.25) is 0 Å². The van der Waals surface area contributed by atoms with Crippen molar-refractivity contribution in [2.75, 3.05) is 0 Å². The summed E-state index contributed by atoms with van der Waals surface area (Å²) < 4.78 is 11.3.